The van der Waals surface area contributed by atoms with Gasteiger partial charge in [-0.05, 0) is 17.2 Å². The number of likely N-dealkylation sites (tertiary alicyclic amines) is 1. The van der Waals surface area contributed by atoms with Gasteiger partial charge in [0.05, 0.1) is 31.8 Å². The summed E-state index contributed by atoms with van der Waals surface area (Å²) in [4.78, 5) is 13.1. The van der Waals surface area contributed by atoms with Crippen LogP contribution in [0.25, 0.3) is 5.82 Å². The van der Waals surface area contributed by atoms with E-state index in [0.717, 1.165) is 38.2 Å². The molecule has 2 aromatic rings. The molecule has 0 aromatic carbocycles. The van der Waals surface area contributed by atoms with Crippen LogP contribution in [0, 0.1) is 5.92 Å². The molecule has 0 unspecified atom stereocenters. The number of nitrogen functional groups attached to an aromatic ring is 1. The Bertz CT molecular complexity index is 660. The van der Waals surface area contributed by atoms with Crippen LogP contribution in [0.3, 0.4) is 0 Å². The summed E-state index contributed by atoms with van der Waals surface area (Å²) in [7, 11) is 0. The van der Waals surface area contributed by atoms with E-state index in [-0.39, 0.29) is 17.7 Å². The van der Waals surface area contributed by atoms with Gasteiger partial charge in [-0.2, -0.15) is 4.68 Å². The lowest BCUT2D eigenvalue weighted by Crippen LogP contribution is -3.12. The van der Waals surface area contributed by atoms with Crippen LogP contribution in [0.1, 0.15) is 25.5 Å². The van der Waals surface area contributed by atoms with Gasteiger partial charge >= 0.3 is 5.97 Å². The monoisotopic (exact) mass is 322 g/mol. The lowest BCUT2D eigenvalue weighted by Gasteiger charge is -2.27. The van der Waals surface area contributed by atoms with Crippen molar-refractivity contribution >= 4 is 11.8 Å². The first-order chi connectivity index (χ1) is 11.2. The van der Waals surface area contributed by atoms with Crippen LogP contribution in [0.5, 0.6) is 0 Å². The van der Waals surface area contributed by atoms with Crippen LogP contribution in [0.4, 0.5) is 5.82 Å². The number of nitrogens with two attached hydrogens (primary N) is 1. The van der Waals surface area contributed by atoms with Crippen molar-refractivity contribution in [2.75, 3.05) is 25.4 Å². The van der Waals surface area contributed by atoms with Gasteiger partial charge in [0.2, 0.25) is 11.6 Å². The lowest BCUT2D eigenvalue weighted by atomic mass is 9.97. The molecule has 3 N–H and O–H groups in total. The van der Waals surface area contributed by atoms with Crippen molar-refractivity contribution in [3.05, 3.63) is 11.9 Å². The molecule has 2 aromatic heterocycles. The van der Waals surface area contributed by atoms with Gasteiger partial charge in [-0.1, -0.05) is 5.21 Å². The average molecular weight is 322 g/mol. The Kier molecular flexibility index (Phi) is 4.51. The van der Waals surface area contributed by atoms with Crippen LogP contribution in [0.2, 0.25) is 0 Å². The molecule has 0 spiro atoms. The largest absolute Gasteiger partial charge is 0.466 e. The third kappa shape index (κ3) is 3.31. The molecular formula is C13H20N7O3+. The van der Waals surface area contributed by atoms with Gasteiger partial charge in [0.1, 0.15) is 12.2 Å². The first-order valence-corrected chi connectivity index (χ1v) is 7.67. The number of hydrogen-bond acceptors (Lipinski definition) is 8. The molecule has 1 fully saturated rings. The summed E-state index contributed by atoms with van der Waals surface area (Å²) in [6.45, 7) is 4.76. The number of anilines is 1. The van der Waals surface area contributed by atoms with Crippen LogP contribution in [-0.4, -0.2) is 51.0 Å². The second kappa shape index (κ2) is 6.73. The smallest absolute Gasteiger partial charge is 0.309 e. The molecule has 10 nitrogen and oxygen atoms in total. The fourth-order valence-corrected chi connectivity index (χ4v) is 2.85. The molecular weight excluding hydrogens is 302 g/mol. The van der Waals surface area contributed by atoms with Crippen molar-refractivity contribution in [1.29, 1.82) is 0 Å². The molecule has 1 saturated heterocycles. The Hall–Kier alpha value is -2.49. The number of carbonyl (C=O) groups is 1. The molecule has 3 heterocycles. The summed E-state index contributed by atoms with van der Waals surface area (Å²) in [5.74, 6) is 0.447. The van der Waals surface area contributed by atoms with Gasteiger partial charge < -0.3 is 15.4 Å². The summed E-state index contributed by atoms with van der Waals surface area (Å²) < 4.78 is 11.2. The second-order valence-electron chi connectivity index (χ2n) is 5.56. The van der Waals surface area contributed by atoms with E-state index in [1.54, 1.807) is 6.20 Å². The number of nitrogens with one attached hydrogen (secondary N) is 1. The highest BCUT2D eigenvalue weighted by Gasteiger charge is 2.29. The van der Waals surface area contributed by atoms with Crippen molar-refractivity contribution < 1.29 is 19.1 Å². The Morgan fingerprint density at radius 3 is 2.91 bits per heavy atom. The predicted molar refractivity (Wildman–Crippen MR) is 77.4 cm³/mol. The van der Waals surface area contributed by atoms with E-state index in [1.807, 2.05) is 6.92 Å². The molecule has 0 atom stereocenters. The molecule has 10 heteroatoms. The summed E-state index contributed by atoms with van der Waals surface area (Å²) in [5, 5.41) is 15.2. The lowest BCUT2D eigenvalue weighted by molar-refractivity contribution is -0.919. The normalized spacial score (nSPS) is 21.3. The quantitative estimate of drug-likeness (QED) is 0.643. The zero-order chi connectivity index (χ0) is 16.2. The van der Waals surface area contributed by atoms with E-state index < -0.39 is 0 Å². The Morgan fingerprint density at radius 2 is 2.26 bits per heavy atom. The first kappa shape index (κ1) is 15.4. The molecule has 0 amide bonds. The highest BCUT2D eigenvalue weighted by molar-refractivity contribution is 5.72. The van der Waals surface area contributed by atoms with E-state index in [1.165, 1.54) is 9.58 Å². The minimum absolute atomic E-state index is 0.0112. The van der Waals surface area contributed by atoms with Crippen LogP contribution >= 0.6 is 0 Å². The van der Waals surface area contributed by atoms with E-state index in [4.69, 9.17) is 10.5 Å². The Labute approximate surface area is 132 Å². The molecule has 3 rings (SSSR count). The summed E-state index contributed by atoms with van der Waals surface area (Å²) in [6.07, 6.45) is 3.32. The van der Waals surface area contributed by atoms with E-state index in [2.05, 4.69) is 25.3 Å². The SMILES string of the molecule is CCOC(=O)C1CC[NH+](Cc2cnnn2-c2nonc2N)CC1. The third-order valence-electron chi connectivity index (χ3n) is 4.06. The van der Waals surface area contributed by atoms with Gasteiger partial charge in [-0.25, -0.2) is 4.63 Å². The van der Waals surface area contributed by atoms with Gasteiger partial charge in [-0.15, -0.1) is 5.10 Å². The van der Waals surface area contributed by atoms with E-state index >= 15 is 0 Å². The molecule has 0 bridgehead atoms. The van der Waals surface area contributed by atoms with Gasteiger partial charge in [0.15, 0.2) is 0 Å². The number of quaternary nitrogens is 1. The van der Waals surface area contributed by atoms with Crippen molar-refractivity contribution in [3.63, 3.8) is 0 Å². The fourth-order valence-electron chi connectivity index (χ4n) is 2.85. The minimum atomic E-state index is -0.0836. The van der Waals surface area contributed by atoms with Crippen molar-refractivity contribution in [2.45, 2.75) is 26.3 Å². The topological polar surface area (TPSA) is 126 Å². The zero-order valence-corrected chi connectivity index (χ0v) is 12.9. The first-order valence-electron chi connectivity index (χ1n) is 7.67. The summed E-state index contributed by atoms with van der Waals surface area (Å²) in [5.41, 5.74) is 6.57. The number of aromatic nitrogens is 5. The number of esters is 1. The van der Waals surface area contributed by atoms with E-state index in [0.29, 0.717) is 12.4 Å². The number of nitrogens with zero attached hydrogens (tertiary/aromatic N) is 5. The molecule has 124 valence electrons. The molecule has 0 aliphatic carbocycles. The third-order valence-corrected chi connectivity index (χ3v) is 4.06. The highest BCUT2D eigenvalue weighted by atomic mass is 16.6. The maximum absolute atomic E-state index is 11.8. The van der Waals surface area contributed by atoms with Crippen LogP contribution in [-0.2, 0) is 16.1 Å². The van der Waals surface area contributed by atoms with Gasteiger partial charge in [0.25, 0.3) is 0 Å². The van der Waals surface area contributed by atoms with Crippen LogP contribution < -0.4 is 10.6 Å². The molecule has 1 aliphatic heterocycles. The van der Waals surface area contributed by atoms with Crippen LogP contribution in [0.15, 0.2) is 10.8 Å². The van der Waals surface area contributed by atoms with Gasteiger partial charge in [-0.3, -0.25) is 4.79 Å². The second-order valence-corrected chi connectivity index (χ2v) is 5.56. The molecule has 1 aliphatic rings. The van der Waals surface area contributed by atoms with Crippen molar-refractivity contribution in [2.24, 2.45) is 5.92 Å². The number of rotatable bonds is 5. The summed E-state index contributed by atoms with van der Waals surface area (Å²) >= 11 is 0. The number of piperidine rings is 1. The average Bonchev–Trinajstić information content (AvgIpc) is 3.17. The highest BCUT2D eigenvalue weighted by Crippen LogP contribution is 2.14. The molecule has 0 saturated carbocycles. The Balaban J connectivity index is 1.61. The predicted octanol–water partition coefficient (Wildman–Crippen LogP) is -1.41. The standard InChI is InChI=1S/C13H19N7O3/c1-2-22-13(21)9-3-5-19(6-4-9)8-10-7-15-18-20(10)12-11(14)16-23-17-12/h7,9H,2-6,8H2,1H3,(H2,14,16)/p+1. The van der Waals surface area contributed by atoms with E-state index in [9.17, 15) is 4.79 Å². The zero-order valence-electron chi connectivity index (χ0n) is 12.9. The summed E-state index contributed by atoms with van der Waals surface area (Å²) in [6, 6.07) is 0. The number of hydrogen-bond donors (Lipinski definition) is 2. The maximum atomic E-state index is 11.8. The van der Waals surface area contributed by atoms with Gasteiger partial charge in [0, 0.05) is 12.8 Å². The molecule has 23 heavy (non-hydrogen) atoms. The Morgan fingerprint density at radius 1 is 1.48 bits per heavy atom. The number of carbonyl (C=O) groups excluding carboxylic acids is 1. The molecule has 0 radical (unpaired) electrons. The minimum Gasteiger partial charge on any atom is -0.466 e. The maximum Gasteiger partial charge on any atom is 0.309 e. The van der Waals surface area contributed by atoms with Crippen molar-refractivity contribution in [1.82, 2.24) is 25.3 Å². The van der Waals surface area contributed by atoms with Crippen molar-refractivity contribution in [3.8, 4) is 5.82 Å². The fraction of sp³-hybridized carbons (Fsp3) is 0.615. The number of ether oxygens (including phenoxy) is 1.